The first kappa shape index (κ1) is 53.8. The van der Waals surface area contributed by atoms with E-state index in [-0.39, 0.29) is 77.0 Å². The molecule has 378 valence electrons. The zero-order chi connectivity index (χ0) is 51.5. The maximum absolute atomic E-state index is 13.5. The highest BCUT2D eigenvalue weighted by Gasteiger charge is 2.48. The number of aromatic nitrogens is 4. The molecule has 2 aliphatic heterocycles. The Labute approximate surface area is 404 Å². The van der Waals surface area contributed by atoms with Crippen molar-refractivity contribution in [2.45, 2.75) is 114 Å². The van der Waals surface area contributed by atoms with Crippen LogP contribution in [0.3, 0.4) is 0 Å². The smallest absolute Gasteiger partial charge is 0.310 e. The van der Waals surface area contributed by atoms with Crippen molar-refractivity contribution in [3.63, 3.8) is 0 Å². The van der Waals surface area contributed by atoms with E-state index in [9.17, 15) is 38.4 Å². The van der Waals surface area contributed by atoms with E-state index in [0.717, 1.165) is 0 Å². The highest BCUT2D eigenvalue weighted by atomic mass is 16.5. The molecule has 0 aromatic carbocycles. The predicted octanol–water partition coefficient (Wildman–Crippen LogP) is 5.07. The van der Waals surface area contributed by atoms with Gasteiger partial charge in [-0.1, -0.05) is 13.8 Å². The van der Waals surface area contributed by atoms with Crippen LogP contribution in [-0.4, -0.2) is 125 Å². The van der Waals surface area contributed by atoms with Gasteiger partial charge in [0, 0.05) is 93.2 Å². The van der Waals surface area contributed by atoms with E-state index in [1.165, 1.54) is 56.9 Å². The maximum atomic E-state index is 13.5. The molecule has 70 heavy (non-hydrogen) atoms. The van der Waals surface area contributed by atoms with Crippen LogP contribution in [-0.2, 0) is 113 Å². The fourth-order valence-corrected chi connectivity index (χ4v) is 9.56. The number of aromatic amines is 2. The van der Waals surface area contributed by atoms with E-state index >= 15 is 0 Å². The minimum atomic E-state index is -1.21. The molecule has 5 heterocycles. The molecule has 0 fully saturated rings. The zero-order valence-corrected chi connectivity index (χ0v) is 41.4. The Balaban J connectivity index is 2.12. The van der Waals surface area contributed by atoms with Crippen molar-refractivity contribution in [3.05, 3.63) is 69.3 Å². The normalized spacial score (nSPS) is 18.3. The van der Waals surface area contributed by atoms with Gasteiger partial charge in [0.05, 0.1) is 82.6 Å². The van der Waals surface area contributed by atoms with Crippen LogP contribution in [0.4, 0.5) is 0 Å². The van der Waals surface area contributed by atoms with E-state index in [0.29, 0.717) is 67.1 Å². The number of methoxy groups -OCH3 is 8. The summed E-state index contributed by atoms with van der Waals surface area (Å²) >= 11 is 0. The lowest BCUT2D eigenvalue weighted by Gasteiger charge is -2.32. The number of aryl methyl sites for hydroxylation is 2. The summed E-state index contributed by atoms with van der Waals surface area (Å²) in [6, 6.07) is 6.88. The van der Waals surface area contributed by atoms with Gasteiger partial charge in [0.2, 0.25) is 0 Å². The molecular formula is C50H62N4O16. The molecule has 3 aromatic rings. The first-order valence-corrected chi connectivity index (χ1v) is 22.7. The average molecular weight is 983 g/mol. The monoisotopic (exact) mass is 982 g/mol. The molecule has 0 spiro atoms. The van der Waals surface area contributed by atoms with Crippen molar-refractivity contribution in [1.82, 2.24) is 19.9 Å². The van der Waals surface area contributed by atoms with Crippen LogP contribution in [0, 0.1) is 0 Å². The summed E-state index contributed by atoms with van der Waals surface area (Å²) in [5.74, 6) is -5.85. The molecule has 0 aliphatic carbocycles. The van der Waals surface area contributed by atoms with Crippen molar-refractivity contribution in [3.8, 4) is 0 Å². The van der Waals surface area contributed by atoms with E-state index in [2.05, 4.69) is 9.97 Å². The van der Waals surface area contributed by atoms with E-state index in [1.807, 2.05) is 13.8 Å². The first-order valence-electron chi connectivity index (χ1n) is 22.7. The number of esters is 8. The fourth-order valence-electron chi connectivity index (χ4n) is 9.56. The molecular weight excluding hydrogens is 921 g/mol. The summed E-state index contributed by atoms with van der Waals surface area (Å²) in [7, 11) is 10.1. The number of H-pyrrole nitrogens is 2. The molecule has 5 rings (SSSR count). The van der Waals surface area contributed by atoms with Crippen LogP contribution in [0.1, 0.15) is 122 Å². The Bertz CT molecular complexity index is 2690. The number of hydrogen-bond acceptors (Lipinski definition) is 18. The van der Waals surface area contributed by atoms with Gasteiger partial charge in [-0.2, -0.15) is 0 Å². The molecule has 20 heteroatoms. The second-order valence-corrected chi connectivity index (χ2v) is 17.6. The highest BCUT2D eigenvalue weighted by molar-refractivity contribution is 5.87. The molecule has 0 saturated carbocycles. The van der Waals surface area contributed by atoms with Gasteiger partial charge < -0.3 is 47.9 Å². The van der Waals surface area contributed by atoms with Crippen molar-refractivity contribution >= 4 is 69.8 Å². The van der Waals surface area contributed by atoms with Gasteiger partial charge in [-0.05, 0) is 72.2 Å². The minimum absolute atomic E-state index is 0.0654. The zero-order valence-electron chi connectivity index (χ0n) is 41.4. The van der Waals surface area contributed by atoms with Crippen molar-refractivity contribution in [2.24, 2.45) is 0 Å². The lowest BCUT2D eigenvalue weighted by Crippen LogP contribution is -2.32. The summed E-state index contributed by atoms with van der Waals surface area (Å²) in [6.07, 6.45) is -0.961. The van der Waals surface area contributed by atoms with Crippen LogP contribution < -0.4 is 0 Å². The van der Waals surface area contributed by atoms with Crippen LogP contribution in [0.15, 0.2) is 24.3 Å². The van der Waals surface area contributed by atoms with Gasteiger partial charge in [0.25, 0.3) is 0 Å². The third kappa shape index (κ3) is 12.0. The first-order chi connectivity index (χ1) is 33.3. The van der Waals surface area contributed by atoms with Crippen LogP contribution in [0.25, 0.3) is 22.1 Å². The number of fused-ring (bicyclic) bond motifs is 8. The maximum Gasteiger partial charge on any atom is 0.310 e. The molecule has 20 nitrogen and oxygen atoms in total. The molecule has 2 aliphatic rings. The Morgan fingerprint density at radius 1 is 0.429 bits per heavy atom. The number of carbonyl (C=O) groups is 8. The third-order valence-electron chi connectivity index (χ3n) is 13.6. The second-order valence-electron chi connectivity index (χ2n) is 17.6. The van der Waals surface area contributed by atoms with E-state index in [1.54, 1.807) is 24.3 Å². The quantitative estimate of drug-likeness (QED) is 0.0849. The Morgan fingerprint density at radius 3 is 1.14 bits per heavy atom. The van der Waals surface area contributed by atoms with Crippen molar-refractivity contribution < 1.29 is 76.3 Å². The fraction of sp³-hybridized carbons (Fsp3) is 0.520. The van der Waals surface area contributed by atoms with Crippen LogP contribution in [0.5, 0.6) is 0 Å². The summed E-state index contributed by atoms with van der Waals surface area (Å²) in [5, 5.41) is 0. The third-order valence-corrected chi connectivity index (χ3v) is 13.6. The molecule has 3 aromatic heterocycles. The van der Waals surface area contributed by atoms with Gasteiger partial charge in [-0.3, -0.25) is 48.3 Å². The molecule has 0 unspecified atom stereocenters. The lowest BCUT2D eigenvalue weighted by atomic mass is 9.92. The lowest BCUT2D eigenvalue weighted by molar-refractivity contribution is -0.143. The molecule has 0 amide bonds. The van der Waals surface area contributed by atoms with Crippen molar-refractivity contribution in [2.75, 3.05) is 56.9 Å². The SMILES string of the molecule is COC(=O)CC[13c]1c(CC(=O)OC)[13c]2cc3n[13c](cc4n[13c](c[13c]5[nH]c(cc1[nH]2)[13c](CCC(=O)OC)c5CC(=O)OC)[C@@](C)(CC(=O)OC)[13C@@H]4CCC(=O)OC)[C@@](C)(CC(=O)OC)[13C@@H]3CCC(=O)OC. The molecule has 8 bridgehead atoms. The molecule has 4 atom stereocenters. The number of hydrogen-bond donors (Lipinski definition) is 2. The van der Waals surface area contributed by atoms with Gasteiger partial charge in [-0.15, -0.1) is 0 Å². The number of rotatable bonds is 20. The number of nitrogens with one attached hydrogen (secondary N) is 2. The van der Waals surface area contributed by atoms with Crippen LogP contribution >= 0.6 is 0 Å². The topological polar surface area (TPSA) is 268 Å². The summed E-state index contributed by atoms with van der Waals surface area (Å²) < 4.78 is 40.9. The molecule has 0 radical (unpaired) electrons. The van der Waals surface area contributed by atoms with E-state index in [4.69, 9.17) is 47.9 Å². The predicted molar refractivity (Wildman–Crippen MR) is 249 cm³/mol. The average Bonchev–Trinajstić information content (AvgIpc) is 4.00. The standard InChI is InChI=1S/C50H62N4O16/c1-49(25-47(61)69-9)31(13-17-43(57)65-5)37-22-35-29(19-45(59)67-7)27(11-15-41(55)63-3)33(51-35)21-34-28(12-16-42(56)64-4)30(20-46(60)68-8)36(52-34)23-39-50(2,26-48(62)70-10)32(14-18-44(58)66-6)38(54-39)24-40(49)53-37/h21-24,31-32,51-52H,11-20,25-26H2,1-10H3/t31-,32-,49+,50+/m1/s1/i27+1,28+1,31+1,32+1,35+1,36+1,39+1,40+1. The number of nitrogens with zero attached hydrogens (tertiary/aromatic N) is 2. The molecule has 0 saturated heterocycles. The summed E-state index contributed by atoms with van der Waals surface area (Å²) in [6.45, 7) is 3.63. The largest absolute Gasteiger partial charge is 0.469 e. The summed E-state index contributed by atoms with van der Waals surface area (Å²) in [4.78, 5) is 122. The Kier molecular flexibility index (Phi) is 18.0. The highest BCUT2D eigenvalue weighted by Crippen LogP contribution is 2.51. The number of carbonyl (C=O) groups excluding carboxylic acids is 8. The van der Waals surface area contributed by atoms with E-state index < -0.39 is 70.4 Å². The minimum Gasteiger partial charge on any atom is -0.469 e. The molecule has 2 N–H and O–H groups in total. The van der Waals surface area contributed by atoms with Crippen LogP contribution in [0.2, 0.25) is 0 Å². The summed E-state index contributed by atoms with van der Waals surface area (Å²) in [5.41, 5.74) is 2.57. The van der Waals surface area contributed by atoms with Gasteiger partial charge in [-0.25, -0.2) is 0 Å². The Morgan fingerprint density at radius 2 is 0.757 bits per heavy atom. The number of ether oxygens (including phenoxy) is 8. The van der Waals surface area contributed by atoms with Gasteiger partial charge in [0.1, 0.15) is 0 Å². The second kappa shape index (κ2) is 23.5. The van der Waals surface area contributed by atoms with Gasteiger partial charge in [0.15, 0.2) is 0 Å². The van der Waals surface area contributed by atoms with Crippen molar-refractivity contribution in [1.29, 1.82) is 0 Å². The Hall–Kier alpha value is -7.12. The van der Waals surface area contributed by atoms with Gasteiger partial charge >= 0.3 is 47.8 Å².